The first-order valence-electron chi connectivity index (χ1n) is 4.73. The molecule has 1 aliphatic heterocycles. The summed E-state index contributed by atoms with van der Waals surface area (Å²) in [6.07, 6.45) is 2.37. The molecule has 0 aromatic rings. The summed E-state index contributed by atoms with van der Waals surface area (Å²) in [4.78, 5) is 3.94. The third-order valence-corrected chi connectivity index (χ3v) is 1.95. The van der Waals surface area contributed by atoms with Gasteiger partial charge < -0.3 is 10.2 Å². The smallest absolute Gasteiger partial charge is 0.196 e. The summed E-state index contributed by atoms with van der Waals surface area (Å²) in [6.45, 7) is 7.45. The van der Waals surface area contributed by atoms with Crippen molar-refractivity contribution in [3.8, 4) is 0 Å². The van der Waals surface area contributed by atoms with Crippen molar-refractivity contribution < 1.29 is 10.2 Å². The second kappa shape index (κ2) is 4.86. The SMILES string of the molecule is C=C1N=C(C(O)O)C=C(CC)N1/N=C/C. The molecule has 5 nitrogen and oxygen atoms in total. The summed E-state index contributed by atoms with van der Waals surface area (Å²) in [6, 6.07) is 0. The number of aliphatic imine (C=N–C) groups is 1. The number of hydrazone groups is 1. The lowest BCUT2D eigenvalue weighted by Gasteiger charge is -2.25. The van der Waals surface area contributed by atoms with Crippen molar-refractivity contribution in [2.75, 3.05) is 0 Å². The highest BCUT2D eigenvalue weighted by Crippen LogP contribution is 2.21. The zero-order chi connectivity index (χ0) is 11.4. The molecule has 0 spiro atoms. The summed E-state index contributed by atoms with van der Waals surface area (Å²) in [5.41, 5.74) is 1.02. The maximum Gasteiger partial charge on any atom is 0.196 e. The highest BCUT2D eigenvalue weighted by atomic mass is 16.5. The van der Waals surface area contributed by atoms with Crippen LogP contribution in [0.25, 0.3) is 0 Å². The summed E-state index contributed by atoms with van der Waals surface area (Å²) in [5.74, 6) is 0.385. The first-order chi connectivity index (χ1) is 7.10. The van der Waals surface area contributed by atoms with Crippen molar-refractivity contribution in [3.05, 3.63) is 24.2 Å². The van der Waals surface area contributed by atoms with E-state index in [-0.39, 0.29) is 5.71 Å². The monoisotopic (exact) mass is 209 g/mol. The van der Waals surface area contributed by atoms with Gasteiger partial charge in [0.25, 0.3) is 0 Å². The van der Waals surface area contributed by atoms with Crippen molar-refractivity contribution in [1.29, 1.82) is 0 Å². The van der Waals surface area contributed by atoms with E-state index in [2.05, 4.69) is 16.7 Å². The van der Waals surface area contributed by atoms with Gasteiger partial charge in [0, 0.05) is 11.9 Å². The Hall–Kier alpha value is -1.46. The van der Waals surface area contributed by atoms with Gasteiger partial charge in [-0.25, -0.2) is 10.0 Å². The van der Waals surface area contributed by atoms with Crippen LogP contribution in [-0.4, -0.2) is 33.4 Å². The highest BCUT2D eigenvalue weighted by Gasteiger charge is 2.19. The third-order valence-electron chi connectivity index (χ3n) is 1.95. The van der Waals surface area contributed by atoms with Crippen LogP contribution >= 0.6 is 0 Å². The van der Waals surface area contributed by atoms with Crippen LogP contribution in [-0.2, 0) is 0 Å². The molecule has 0 saturated carbocycles. The van der Waals surface area contributed by atoms with Crippen LogP contribution in [0.15, 0.2) is 34.3 Å². The number of hydrogen-bond acceptors (Lipinski definition) is 5. The molecule has 0 aliphatic carbocycles. The molecule has 0 saturated heterocycles. The van der Waals surface area contributed by atoms with E-state index in [0.717, 1.165) is 5.70 Å². The van der Waals surface area contributed by atoms with Gasteiger partial charge in [-0.3, -0.25) is 0 Å². The Morgan fingerprint density at radius 2 is 2.33 bits per heavy atom. The van der Waals surface area contributed by atoms with Crippen LogP contribution < -0.4 is 0 Å². The molecular formula is C10H15N3O2. The van der Waals surface area contributed by atoms with E-state index in [9.17, 15) is 0 Å². The van der Waals surface area contributed by atoms with E-state index in [4.69, 9.17) is 10.2 Å². The maximum atomic E-state index is 9.01. The van der Waals surface area contributed by atoms with Gasteiger partial charge in [0.05, 0.1) is 0 Å². The largest absolute Gasteiger partial charge is 0.363 e. The quantitative estimate of drug-likeness (QED) is 0.534. The first-order valence-corrected chi connectivity index (χ1v) is 4.73. The number of allylic oxidation sites excluding steroid dienone is 1. The van der Waals surface area contributed by atoms with Crippen LogP contribution in [0.1, 0.15) is 20.3 Å². The lowest BCUT2D eigenvalue weighted by atomic mass is 10.2. The Kier molecular flexibility index (Phi) is 3.76. The van der Waals surface area contributed by atoms with Crippen LogP contribution in [0.4, 0.5) is 0 Å². The minimum absolute atomic E-state index is 0.194. The summed E-state index contributed by atoms with van der Waals surface area (Å²) >= 11 is 0. The molecule has 1 heterocycles. The molecular weight excluding hydrogens is 194 g/mol. The minimum atomic E-state index is -1.57. The number of rotatable bonds is 3. The zero-order valence-corrected chi connectivity index (χ0v) is 8.88. The maximum absolute atomic E-state index is 9.01. The van der Waals surface area contributed by atoms with Gasteiger partial charge in [0.15, 0.2) is 6.29 Å². The standard InChI is InChI=1S/C10H15N3O2/c1-4-8-6-9(10(14)15)12-7(3)13(8)11-5-2/h5-6,10,14-15H,3-4H2,1-2H3/b11-5+. The van der Waals surface area contributed by atoms with Crippen molar-refractivity contribution in [1.82, 2.24) is 5.01 Å². The fourth-order valence-electron chi connectivity index (χ4n) is 1.27. The number of hydrogen-bond donors (Lipinski definition) is 2. The van der Waals surface area contributed by atoms with Crippen LogP contribution in [0, 0.1) is 0 Å². The first kappa shape index (κ1) is 11.6. The molecule has 0 bridgehead atoms. The molecule has 15 heavy (non-hydrogen) atoms. The predicted molar refractivity (Wildman–Crippen MR) is 59.2 cm³/mol. The fraction of sp³-hybridized carbons (Fsp3) is 0.400. The topological polar surface area (TPSA) is 68.4 Å². The molecule has 5 heteroatoms. The summed E-state index contributed by atoms with van der Waals surface area (Å²) in [5, 5.41) is 23.7. The Morgan fingerprint density at radius 3 is 2.80 bits per heavy atom. The van der Waals surface area contributed by atoms with E-state index in [1.165, 1.54) is 0 Å². The molecule has 82 valence electrons. The number of aliphatic hydroxyl groups excluding tert-OH is 1. The summed E-state index contributed by atoms with van der Waals surface area (Å²) in [7, 11) is 0. The minimum Gasteiger partial charge on any atom is -0.363 e. The Balaban J connectivity index is 3.03. The van der Waals surface area contributed by atoms with Gasteiger partial charge in [-0.1, -0.05) is 13.5 Å². The van der Waals surface area contributed by atoms with Gasteiger partial charge >= 0.3 is 0 Å². The molecule has 0 radical (unpaired) electrons. The number of aliphatic hydroxyl groups is 2. The lowest BCUT2D eigenvalue weighted by Crippen LogP contribution is -2.26. The predicted octanol–water partition coefficient (Wildman–Crippen LogP) is 0.825. The Morgan fingerprint density at radius 1 is 1.67 bits per heavy atom. The zero-order valence-electron chi connectivity index (χ0n) is 8.88. The second-order valence-corrected chi connectivity index (χ2v) is 3.00. The van der Waals surface area contributed by atoms with E-state index in [1.807, 2.05) is 6.92 Å². The van der Waals surface area contributed by atoms with E-state index in [1.54, 1.807) is 24.2 Å². The van der Waals surface area contributed by atoms with Crippen molar-refractivity contribution in [2.24, 2.45) is 10.1 Å². The Bertz CT molecular complexity index is 343. The van der Waals surface area contributed by atoms with E-state index >= 15 is 0 Å². The van der Waals surface area contributed by atoms with Crippen LogP contribution in [0.5, 0.6) is 0 Å². The summed E-state index contributed by atoms with van der Waals surface area (Å²) < 4.78 is 0. The van der Waals surface area contributed by atoms with Gasteiger partial charge in [-0.05, 0) is 19.4 Å². The molecule has 0 aromatic carbocycles. The molecule has 0 aromatic heterocycles. The normalized spacial score (nSPS) is 17.4. The molecule has 0 fully saturated rings. The molecule has 0 amide bonds. The molecule has 2 N–H and O–H groups in total. The number of nitrogens with zero attached hydrogens (tertiary/aromatic N) is 3. The van der Waals surface area contributed by atoms with Crippen molar-refractivity contribution in [3.63, 3.8) is 0 Å². The molecule has 0 atom stereocenters. The van der Waals surface area contributed by atoms with Gasteiger partial charge in [0.2, 0.25) is 0 Å². The van der Waals surface area contributed by atoms with Crippen LogP contribution in [0.2, 0.25) is 0 Å². The van der Waals surface area contributed by atoms with E-state index < -0.39 is 6.29 Å². The van der Waals surface area contributed by atoms with Crippen LogP contribution in [0.3, 0.4) is 0 Å². The molecule has 0 unspecified atom stereocenters. The fourth-order valence-corrected chi connectivity index (χ4v) is 1.27. The average molecular weight is 209 g/mol. The van der Waals surface area contributed by atoms with Crippen molar-refractivity contribution in [2.45, 2.75) is 26.6 Å². The third kappa shape index (κ3) is 2.51. The van der Waals surface area contributed by atoms with Gasteiger partial charge in [-0.2, -0.15) is 5.10 Å². The lowest BCUT2D eigenvalue weighted by molar-refractivity contribution is 0.0199. The van der Waals surface area contributed by atoms with Crippen molar-refractivity contribution >= 4 is 11.9 Å². The second-order valence-electron chi connectivity index (χ2n) is 3.00. The molecule has 1 rings (SSSR count). The van der Waals surface area contributed by atoms with Gasteiger partial charge in [0.1, 0.15) is 11.5 Å². The average Bonchev–Trinajstić information content (AvgIpc) is 2.20. The Labute approximate surface area is 88.7 Å². The molecule has 1 aliphatic rings. The highest BCUT2D eigenvalue weighted by molar-refractivity contribution is 5.99. The van der Waals surface area contributed by atoms with E-state index in [0.29, 0.717) is 12.2 Å². The van der Waals surface area contributed by atoms with Gasteiger partial charge in [-0.15, -0.1) is 0 Å².